The Morgan fingerprint density at radius 2 is 1.81 bits per heavy atom. The van der Waals surface area contributed by atoms with Crippen LogP contribution in [0, 0.1) is 0 Å². The maximum Gasteiger partial charge on any atom is 0.406 e. The minimum absolute atomic E-state index is 0.596. The Hall–Kier alpha value is -0.430. The lowest BCUT2D eigenvalue weighted by Crippen LogP contribution is -2.56. The lowest BCUT2D eigenvalue weighted by molar-refractivity contribution is -0.242. The molecule has 1 heterocycles. The van der Waals surface area contributed by atoms with E-state index in [0.717, 1.165) is 0 Å². The Kier molecular flexibility index (Phi) is 3.24. The summed E-state index contributed by atoms with van der Waals surface area (Å²) in [5.41, 5.74) is 3.59. The van der Waals surface area contributed by atoms with Crippen LogP contribution in [0.25, 0.3) is 0 Å². The van der Waals surface area contributed by atoms with Crippen LogP contribution in [0.4, 0.5) is 22.0 Å². The monoisotopic (exact) mass is 247 g/mol. The molecule has 0 saturated carbocycles. The molecule has 0 amide bonds. The highest BCUT2D eigenvalue weighted by atomic mass is 19.4. The van der Waals surface area contributed by atoms with Gasteiger partial charge < -0.3 is 10.5 Å². The highest BCUT2D eigenvalue weighted by molar-refractivity contribution is 4.94. The first-order chi connectivity index (χ1) is 6.93. The van der Waals surface area contributed by atoms with Gasteiger partial charge in [-0.25, -0.2) is 8.78 Å². The van der Waals surface area contributed by atoms with E-state index in [2.05, 4.69) is 0 Å². The summed E-state index contributed by atoms with van der Waals surface area (Å²) in [5.74, 6) is -3.17. The van der Waals surface area contributed by atoms with E-state index in [9.17, 15) is 22.0 Å². The van der Waals surface area contributed by atoms with Gasteiger partial charge in [-0.05, 0) is 13.8 Å². The molecule has 0 bridgehead atoms. The van der Waals surface area contributed by atoms with Crippen molar-refractivity contribution in [2.45, 2.75) is 56.5 Å². The minimum Gasteiger partial charge on any atom is -0.370 e. The van der Waals surface area contributed by atoms with E-state index in [1.807, 2.05) is 0 Å². The van der Waals surface area contributed by atoms with Crippen LogP contribution in [-0.4, -0.2) is 29.8 Å². The third kappa shape index (κ3) is 3.28. The molecule has 1 aliphatic heterocycles. The van der Waals surface area contributed by atoms with Gasteiger partial charge in [-0.3, -0.25) is 0 Å². The van der Waals surface area contributed by atoms with Gasteiger partial charge in [-0.2, -0.15) is 13.2 Å². The van der Waals surface area contributed by atoms with Crippen LogP contribution >= 0.6 is 0 Å². The number of alkyl halides is 5. The largest absolute Gasteiger partial charge is 0.406 e. The first kappa shape index (κ1) is 13.6. The van der Waals surface area contributed by atoms with Crippen LogP contribution in [0.5, 0.6) is 0 Å². The fourth-order valence-electron chi connectivity index (χ4n) is 1.89. The highest BCUT2D eigenvalue weighted by Gasteiger charge is 2.53. The van der Waals surface area contributed by atoms with E-state index in [1.54, 1.807) is 0 Å². The fourth-order valence-corrected chi connectivity index (χ4v) is 1.89. The van der Waals surface area contributed by atoms with E-state index in [1.165, 1.54) is 13.8 Å². The van der Waals surface area contributed by atoms with Crippen molar-refractivity contribution in [3.05, 3.63) is 0 Å². The van der Waals surface area contributed by atoms with Crippen LogP contribution in [0.2, 0.25) is 0 Å². The molecule has 0 spiro atoms. The van der Waals surface area contributed by atoms with Crippen molar-refractivity contribution in [1.29, 1.82) is 0 Å². The molecule has 2 atom stereocenters. The van der Waals surface area contributed by atoms with Gasteiger partial charge in [0.1, 0.15) is 6.04 Å². The van der Waals surface area contributed by atoms with Gasteiger partial charge >= 0.3 is 6.18 Å². The summed E-state index contributed by atoms with van der Waals surface area (Å²) in [5, 5.41) is 0. The molecular weight excluding hydrogens is 233 g/mol. The van der Waals surface area contributed by atoms with Crippen LogP contribution in [0.3, 0.4) is 0 Å². The number of hydrogen-bond donors (Lipinski definition) is 1. The topological polar surface area (TPSA) is 35.2 Å². The lowest BCUT2D eigenvalue weighted by atomic mass is 9.89. The Morgan fingerprint density at radius 1 is 1.31 bits per heavy atom. The van der Waals surface area contributed by atoms with Crippen molar-refractivity contribution in [3.8, 4) is 0 Å². The zero-order chi connectivity index (χ0) is 12.8. The highest BCUT2D eigenvalue weighted by Crippen LogP contribution is 2.41. The van der Waals surface area contributed by atoms with E-state index >= 15 is 0 Å². The first-order valence-electron chi connectivity index (χ1n) is 4.81. The number of halogens is 5. The fraction of sp³-hybridized carbons (Fsp3) is 1.00. The number of rotatable bonds is 1. The molecule has 1 fully saturated rings. The molecule has 0 aliphatic carbocycles. The molecule has 0 aromatic rings. The zero-order valence-corrected chi connectivity index (χ0v) is 8.94. The molecular formula is C9H14F5NO. The van der Waals surface area contributed by atoms with Crippen molar-refractivity contribution < 1.29 is 26.7 Å². The van der Waals surface area contributed by atoms with Crippen LogP contribution in [0.15, 0.2) is 0 Å². The molecule has 96 valence electrons. The van der Waals surface area contributed by atoms with Gasteiger partial charge in [-0.15, -0.1) is 0 Å². The molecule has 2 nitrogen and oxygen atoms in total. The van der Waals surface area contributed by atoms with Crippen LogP contribution in [0.1, 0.15) is 26.7 Å². The van der Waals surface area contributed by atoms with Gasteiger partial charge in [0.15, 0.2) is 0 Å². The Morgan fingerprint density at radius 3 is 2.19 bits per heavy atom. The second-order valence-corrected chi connectivity index (χ2v) is 4.72. The Balaban J connectivity index is 2.83. The average molecular weight is 247 g/mol. The molecule has 0 radical (unpaired) electrons. The maximum atomic E-state index is 13.2. The third-order valence-corrected chi connectivity index (χ3v) is 2.43. The molecule has 1 saturated heterocycles. The molecule has 0 aromatic carbocycles. The summed E-state index contributed by atoms with van der Waals surface area (Å²) in [6.45, 7) is 2.66. The quantitative estimate of drug-likeness (QED) is 0.722. The second-order valence-electron chi connectivity index (χ2n) is 4.72. The van der Waals surface area contributed by atoms with E-state index in [0.29, 0.717) is 0 Å². The van der Waals surface area contributed by atoms with Gasteiger partial charge in [0.2, 0.25) is 0 Å². The van der Waals surface area contributed by atoms with Crippen LogP contribution in [-0.2, 0) is 4.74 Å². The summed E-state index contributed by atoms with van der Waals surface area (Å²) >= 11 is 0. The van der Waals surface area contributed by atoms with Crippen molar-refractivity contribution >= 4 is 0 Å². The summed E-state index contributed by atoms with van der Waals surface area (Å²) in [6, 6.07) is -2.38. The van der Waals surface area contributed by atoms with Crippen molar-refractivity contribution in [3.63, 3.8) is 0 Å². The number of nitrogens with two attached hydrogens (primary N) is 1. The first-order valence-corrected chi connectivity index (χ1v) is 4.81. The standard InChI is InChI=1S/C9H14F5NO/c1-7(2)4-8(10,11)3-5(16-7)6(15)9(12,13)14/h5-6H,3-4,15H2,1-2H3. The maximum absolute atomic E-state index is 13.2. The van der Waals surface area contributed by atoms with Gasteiger partial charge in [0, 0.05) is 12.8 Å². The third-order valence-electron chi connectivity index (χ3n) is 2.43. The molecule has 16 heavy (non-hydrogen) atoms. The second kappa shape index (κ2) is 3.80. The van der Waals surface area contributed by atoms with Gasteiger partial charge in [0.05, 0.1) is 11.7 Å². The molecule has 7 heteroatoms. The molecule has 2 unspecified atom stereocenters. The lowest BCUT2D eigenvalue weighted by Gasteiger charge is -2.42. The van der Waals surface area contributed by atoms with E-state index in [4.69, 9.17) is 10.5 Å². The number of hydrogen-bond acceptors (Lipinski definition) is 2. The van der Waals surface area contributed by atoms with Crippen molar-refractivity contribution in [2.75, 3.05) is 0 Å². The zero-order valence-electron chi connectivity index (χ0n) is 8.94. The predicted octanol–water partition coefficient (Wildman–Crippen LogP) is 2.47. The molecule has 0 aromatic heterocycles. The summed E-state index contributed by atoms with van der Waals surface area (Å²) in [6.07, 6.45) is -8.01. The normalized spacial score (nSPS) is 31.1. The predicted molar refractivity (Wildman–Crippen MR) is 47.2 cm³/mol. The molecule has 2 N–H and O–H groups in total. The van der Waals surface area contributed by atoms with Gasteiger partial charge in [0.25, 0.3) is 5.92 Å². The number of ether oxygens (including phenoxy) is 1. The smallest absolute Gasteiger partial charge is 0.370 e. The average Bonchev–Trinajstić information content (AvgIpc) is 1.94. The SMILES string of the molecule is CC1(C)CC(F)(F)CC(C(N)C(F)(F)F)O1. The van der Waals surface area contributed by atoms with Crippen molar-refractivity contribution in [1.82, 2.24) is 0 Å². The van der Waals surface area contributed by atoms with E-state index in [-0.39, 0.29) is 0 Å². The minimum atomic E-state index is -4.73. The summed E-state index contributed by atoms with van der Waals surface area (Å²) in [7, 11) is 0. The summed E-state index contributed by atoms with van der Waals surface area (Å²) < 4.78 is 68.2. The van der Waals surface area contributed by atoms with Gasteiger partial charge in [-0.1, -0.05) is 0 Å². The Labute approximate surface area is 89.9 Å². The van der Waals surface area contributed by atoms with Crippen LogP contribution < -0.4 is 5.73 Å². The summed E-state index contributed by atoms with van der Waals surface area (Å²) in [4.78, 5) is 0. The Bertz CT molecular complexity index is 247. The molecule has 1 aliphatic rings. The van der Waals surface area contributed by atoms with Crippen molar-refractivity contribution in [2.24, 2.45) is 5.73 Å². The molecule has 1 rings (SSSR count). The van der Waals surface area contributed by atoms with E-state index < -0.39 is 42.7 Å².